The van der Waals surface area contributed by atoms with Gasteiger partial charge in [0.05, 0.1) is 14.2 Å². The third kappa shape index (κ3) is 25.7. The summed E-state index contributed by atoms with van der Waals surface area (Å²) in [4.78, 5) is 0. The summed E-state index contributed by atoms with van der Waals surface area (Å²) in [6.45, 7) is 14.1. The first-order chi connectivity index (χ1) is 27.2. The van der Waals surface area contributed by atoms with Gasteiger partial charge in [-0.05, 0) is 131 Å². The van der Waals surface area contributed by atoms with Crippen LogP contribution in [-0.2, 0) is 0 Å². The lowest BCUT2D eigenvalue weighted by Gasteiger charge is -2.00. The van der Waals surface area contributed by atoms with Gasteiger partial charge in [0, 0.05) is 15.1 Å². The Morgan fingerprint density at radius 1 is 0.368 bits per heavy atom. The third-order valence-corrected chi connectivity index (χ3v) is 8.47. The molecular formula is C51H56Cl3FO2. The van der Waals surface area contributed by atoms with Crippen LogP contribution in [0.4, 0.5) is 4.39 Å². The first kappa shape index (κ1) is 50.0. The highest BCUT2D eigenvalue weighted by molar-refractivity contribution is 6.31. The number of benzene rings is 7. The minimum absolute atomic E-state index is 0.171. The molecule has 0 heterocycles. The monoisotopic (exact) mass is 824 g/mol. The molecule has 300 valence electrons. The molecule has 0 fully saturated rings. The number of rotatable bonds is 2. The standard InChI is InChI=1S/2C8H10O.3C7H7Cl.C7H7F.C7H8/c1-7-4-3-5-8(6-7)9-2;1-7-5-3-4-6-8(7)9-2;1-6-2-4-7(8)5-3-6;1-6-3-2-4-7(8)5-6;1-6-4-2-3-5-7(6)8;1-6-2-4-7(8)5-3-6;1-7-5-3-2-4-6-7/h2*3-6H,1-2H3;4*2-5H,1H3;2-6H,1H3. The van der Waals surface area contributed by atoms with Crippen molar-refractivity contribution in [1.82, 2.24) is 0 Å². The molecule has 0 unspecified atom stereocenters. The van der Waals surface area contributed by atoms with E-state index in [1.165, 1.54) is 39.9 Å². The van der Waals surface area contributed by atoms with Gasteiger partial charge in [-0.2, -0.15) is 0 Å². The van der Waals surface area contributed by atoms with E-state index >= 15 is 0 Å². The molecule has 0 N–H and O–H groups in total. The first-order valence-electron chi connectivity index (χ1n) is 18.3. The number of para-hydroxylation sites is 1. The fraction of sp³-hybridized carbons (Fsp3) is 0.176. The fourth-order valence-electron chi connectivity index (χ4n) is 4.29. The quantitative estimate of drug-likeness (QED) is 0.173. The summed E-state index contributed by atoms with van der Waals surface area (Å²) in [6, 6.07) is 55.8. The summed E-state index contributed by atoms with van der Waals surface area (Å²) in [5.41, 5.74) is 8.41. The van der Waals surface area contributed by atoms with Crippen LogP contribution < -0.4 is 9.47 Å². The van der Waals surface area contributed by atoms with E-state index in [9.17, 15) is 4.39 Å². The van der Waals surface area contributed by atoms with Crippen LogP contribution in [0.15, 0.2) is 176 Å². The lowest BCUT2D eigenvalue weighted by atomic mass is 10.2. The topological polar surface area (TPSA) is 18.5 Å². The van der Waals surface area contributed by atoms with Gasteiger partial charge < -0.3 is 9.47 Å². The lowest BCUT2D eigenvalue weighted by Crippen LogP contribution is -1.84. The van der Waals surface area contributed by atoms with Gasteiger partial charge in [-0.3, -0.25) is 0 Å². The fourth-order valence-corrected chi connectivity index (χ4v) is 4.79. The second kappa shape index (κ2) is 30.1. The van der Waals surface area contributed by atoms with Gasteiger partial charge in [0.25, 0.3) is 0 Å². The average molecular weight is 826 g/mol. The van der Waals surface area contributed by atoms with Crippen LogP contribution in [0.2, 0.25) is 15.1 Å². The van der Waals surface area contributed by atoms with Gasteiger partial charge in [0.15, 0.2) is 0 Å². The Morgan fingerprint density at radius 2 is 0.825 bits per heavy atom. The predicted molar refractivity (Wildman–Crippen MR) is 246 cm³/mol. The van der Waals surface area contributed by atoms with E-state index in [0.717, 1.165) is 37.7 Å². The Labute approximate surface area is 356 Å². The van der Waals surface area contributed by atoms with E-state index in [4.69, 9.17) is 44.3 Å². The van der Waals surface area contributed by atoms with Crippen molar-refractivity contribution in [2.45, 2.75) is 48.5 Å². The number of halogens is 4. The molecule has 0 aliphatic carbocycles. The molecule has 0 radical (unpaired) electrons. The normalized spacial score (nSPS) is 9.14. The zero-order valence-electron chi connectivity index (χ0n) is 34.6. The average Bonchev–Trinajstić information content (AvgIpc) is 3.20. The van der Waals surface area contributed by atoms with Gasteiger partial charge in [-0.1, -0.05) is 167 Å². The molecule has 0 saturated carbocycles. The molecule has 0 aliphatic rings. The molecule has 7 aromatic rings. The highest BCUT2D eigenvalue weighted by atomic mass is 35.5. The van der Waals surface area contributed by atoms with E-state index in [2.05, 4.69) is 19.1 Å². The zero-order valence-corrected chi connectivity index (χ0v) is 36.8. The van der Waals surface area contributed by atoms with E-state index < -0.39 is 0 Å². The Balaban J connectivity index is 0.000000333. The van der Waals surface area contributed by atoms with Crippen molar-refractivity contribution in [2.24, 2.45) is 0 Å². The van der Waals surface area contributed by atoms with Gasteiger partial charge in [-0.15, -0.1) is 0 Å². The van der Waals surface area contributed by atoms with Crippen LogP contribution >= 0.6 is 34.8 Å². The highest BCUT2D eigenvalue weighted by Gasteiger charge is 1.91. The predicted octanol–water partition coefficient (Wildman–Crippen LogP) is 16.1. The maximum atomic E-state index is 12.1. The van der Waals surface area contributed by atoms with Crippen molar-refractivity contribution in [3.05, 3.63) is 236 Å². The van der Waals surface area contributed by atoms with E-state index in [1.54, 1.807) is 26.4 Å². The number of ether oxygens (including phenoxy) is 2. The number of hydrogen-bond acceptors (Lipinski definition) is 2. The van der Waals surface area contributed by atoms with Crippen molar-refractivity contribution in [2.75, 3.05) is 14.2 Å². The minimum atomic E-state index is -0.171. The van der Waals surface area contributed by atoms with Crippen molar-refractivity contribution in [3.63, 3.8) is 0 Å². The summed E-state index contributed by atoms with van der Waals surface area (Å²) in [7, 11) is 3.36. The van der Waals surface area contributed by atoms with Gasteiger partial charge in [0.1, 0.15) is 17.3 Å². The maximum Gasteiger partial charge on any atom is 0.123 e. The Morgan fingerprint density at radius 3 is 1.16 bits per heavy atom. The van der Waals surface area contributed by atoms with Gasteiger partial charge >= 0.3 is 0 Å². The van der Waals surface area contributed by atoms with E-state index in [0.29, 0.717) is 0 Å². The van der Waals surface area contributed by atoms with Crippen LogP contribution in [0.3, 0.4) is 0 Å². The molecule has 6 heteroatoms. The van der Waals surface area contributed by atoms with Crippen molar-refractivity contribution in [1.29, 1.82) is 0 Å². The SMILES string of the molecule is COc1cccc(C)c1.COc1ccccc1C.Cc1ccc(Cl)cc1.Cc1ccc(F)cc1.Cc1cccc(Cl)c1.Cc1ccccc1.Cc1ccccc1Cl. The first-order valence-corrected chi connectivity index (χ1v) is 19.5. The second-order valence-corrected chi connectivity index (χ2v) is 14.1. The largest absolute Gasteiger partial charge is 0.497 e. The van der Waals surface area contributed by atoms with Crippen LogP contribution in [0.5, 0.6) is 11.5 Å². The summed E-state index contributed by atoms with van der Waals surface area (Å²) in [5.74, 6) is 1.71. The summed E-state index contributed by atoms with van der Waals surface area (Å²) in [6.07, 6.45) is 0. The van der Waals surface area contributed by atoms with Gasteiger partial charge in [0.2, 0.25) is 0 Å². The van der Waals surface area contributed by atoms with E-state index in [1.807, 2.05) is 181 Å². The summed E-state index contributed by atoms with van der Waals surface area (Å²) < 4.78 is 22.1. The van der Waals surface area contributed by atoms with Crippen molar-refractivity contribution in [3.8, 4) is 11.5 Å². The second-order valence-electron chi connectivity index (χ2n) is 12.8. The lowest BCUT2D eigenvalue weighted by molar-refractivity contribution is 0.411. The molecule has 0 aromatic heterocycles. The Kier molecular flexibility index (Phi) is 26.4. The Hall–Kier alpha value is -5.06. The van der Waals surface area contributed by atoms with Crippen LogP contribution in [0.1, 0.15) is 38.9 Å². The zero-order chi connectivity index (χ0) is 42.4. The summed E-state index contributed by atoms with van der Waals surface area (Å²) >= 11 is 17.0. The van der Waals surface area contributed by atoms with Crippen LogP contribution in [0, 0.1) is 54.3 Å². The smallest absolute Gasteiger partial charge is 0.123 e. The molecule has 2 nitrogen and oxygen atoms in total. The summed E-state index contributed by atoms with van der Waals surface area (Å²) in [5, 5.41) is 2.45. The maximum absolute atomic E-state index is 12.1. The molecule has 0 atom stereocenters. The molecule has 0 saturated heterocycles. The van der Waals surface area contributed by atoms with Crippen LogP contribution in [0.25, 0.3) is 0 Å². The molecule has 0 amide bonds. The highest BCUT2D eigenvalue weighted by Crippen LogP contribution is 2.15. The molecular weight excluding hydrogens is 770 g/mol. The molecule has 0 spiro atoms. The number of methoxy groups -OCH3 is 2. The van der Waals surface area contributed by atoms with Crippen LogP contribution in [-0.4, -0.2) is 14.2 Å². The molecule has 57 heavy (non-hydrogen) atoms. The van der Waals surface area contributed by atoms with Crippen molar-refractivity contribution >= 4 is 34.8 Å². The minimum Gasteiger partial charge on any atom is -0.497 e. The van der Waals surface area contributed by atoms with E-state index in [-0.39, 0.29) is 5.82 Å². The molecule has 0 aliphatic heterocycles. The Bertz CT molecular complexity index is 1940. The molecule has 7 aromatic carbocycles. The van der Waals surface area contributed by atoms with Gasteiger partial charge in [-0.25, -0.2) is 4.39 Å². The molecule has 0 bridgehead atoms. The number of hydrogen-bond donors (Lipinski definition) is 0. The number of aryl methyl sites for hydroxylation is 7. The molecule has 7 rings (SSSR count). The van der Waals surface area contributed by atoms with Crippen molar-refractivity contribution < 1.29 is 13.9 Å². The third-order valence-electron chi connectivity index (χ3n) is 7.56.